The van der Waals surface area contributed by atoms with Crippen LogP contribution in [0.15, 0.2) is 37.0 Å². The number of carboxylic acids is 1. The van der Waals surface area contributed by atoms with E-state index in [0.717, 1.165) is 50.5 Å². The third-order valence-corrected chi connectivity index (χ3v) is 6.55. The summed E-state index contributed by atoms with van der Waals surface area (Å²) in [5.41, 5.74) is 1.85. The molecule has 2 heteroatoms. The Labute approximate surface area is 135 Å². The van der Waals surface area contributed by atoms with Crippen molar-refractivity contribution < 1.29 is 9.90 Å². The van der Waals surface area contributed by atoms with Crippen LogP contribution < -0.4 is 0 Å². The molecule has 4 atom stereocenters. The minimum absolute atomic E-state index is 0.0577. The molecule has 1 N–H and O–H groups in total. The molecule has 2 nitrogen and oxygen atoms in total. The lowest BCUT2D eigenvalue weighted by atomic mass is 9.46. The number of fused-ring (bicyclic) bond motifs is 1. The first-order valence-electron chi connectivity index (χ1n) is 8.47. The van der Waals surface area contributed by atoms with Crippen LogP contribution in [0.2, 0.25) is 0 Å². The highest BCUT2D eigenvalue weighted by Gasteiger charge is 2.57. The molecule has 2 aliphatic carbocycles. The van der Waals surface area contributed by atoms with E-state index >= 15 is 0 Å². The summed E-state index contributed by atoms with van der Waals surface area (Å²) in [5, 5.41) is 9.81. The number of hydrogen-bond donors (Lipinski definition) is 1. The normalized spacial score (nSPS) is 38.2. The van der Waals surface area contributed by atoms with Gasteiger partial charge in [0.2, 0.25) is 0 Å². The fourth-order valence-corrected chi connectivity index (χ4v) is 5.17. The SMILES string of the molecule is C=CC(=C)CCC1C(=C)CCC2C(C)(C(=O)O)CCCC12C. The molecular formula is C20H30O2. The second-order valence-corrected chi connectivity index (χ2v) is 7.79. The van der Waals surface area contributed by atoms with E-state index in [9.17, 15) is 9.90 Å². The van der Waals surface area contributed by atoms with Crippen LogP contribution in [0.4, 0.5) is 0 Å². The zero-order valence-electron chi connectivity index (χ0n) is 14.2. The van der Waals surface area contributed by atoms with Crippen molar-refractivity contribution >= 4 is 5.97 Å². The van der Waals surface area contributed by atoms with Gasteiger partial charge in [0.15, 0.2) is 0 Å². The van der Waals surface area contributed by atoms with Crippen molar-refractivity contribution in [2.45, 2.75) is 58.8 Å². The van der Waals surface area contributed by atoms with Crippen molar-refractivity contribution in [2.75, 3.05) is 0 Å². The highest BCUT2D eigenvalue weighted by atomic mass is 16.4. The maximum absolute atomic E-state index is 11.9. The van der Waals surface area contributed by atoms with E-state index in [-0.39, 0.29) is 11.3 Å². The zero-order valence-corrected chi connectivity index (χ0v) is 14.2. The molecule has 122 valence electrons. The van der Waals surface area contributed by atoms with Crippen molar-refractivity contribution in [3.05, 3.63) is 37.0 Å². The van der Waals surface area contributed by atoms with Gasteiger partial charge in [-0.2, -0.15) is 0 Å². The third-order valence-electron chi connectivity index (χ3n) is 6.55. The lowest BCUT2D eigenvalue weighted by molar-refractivity contribution is -0.164. The van der Waals surface area contributed by atoms with Gasteiger partial charge in [-0.25, -0.2) is 0 Å². The van der Waals surface area contributed by atoms with Crippen molar-refractivity contribution in [1.82, 2.24) is 0 Å². The Hall–Kier alpha value is -1.31. The lowest BCUT2D eigenvalue weighted by Gasteiger charge is -2.57. The van der Waals surface area contributed by atoms with E-state index in [0.29, 0.717) is 5.92 Å². The van der Waals surface area contributed by atoms with Gasteiger partial charge in [0, 0.05) is 0 Å². The summed E-state index contributed by atoms with van der Waals surface area (Å²) in [6.07, 6.45) is 8.64. The minimum Gasteiger partial charge on any atom is -0.481 e. The molecule has 2 fully saturated rings. The van der Waals surface area contributed by atoms with Crippen LogP contribution in [0.25, 0.3) is 0 Å². The van der Waals surface area contributed by atoms with E-state index in [1.807, 2.05) is 13.0 Å². The average molecular weight is 302 g/mol. The van der Waals surface area contributed by atoms with Crippen LogP contribution in [-0.2, 0) is 4.79 Å². The molecule has 2 rings (SSSR count). The molecular weight excluding hydrogens is 272 g/mol. The van der Waals surface area contributed by atoms with E-state index in [1.165, 1.54) is 5.57 Å². The summed E-state index contributed by atoms with van der Waals surface area (Å²) in [6.45, 7) is 16.4. The molecule has 0 amide bonds. The molecule has 2 saturated carbocycles. The molecule has 4 unspecified atom stereocenters. The van der Waals surface area contributed by atoms with Crippen LogP contribution in [0, 0.1) is 22.7 Å². The third kappa shape index (κ3) is 2.68. The lowest BCUT2D eigenvalue weighted by Crippen LogP contribution is -2.53. The van der Waals surface area contributed by atoms with E-state index in [2.05, 4.69) is 26.7 Å². The molecule has 0 aliphatic heterocycles. The van der Waals surface area contributed by atoms with Gasteiger partial charge in [-0.1, -0.05) is 50.3 Å². The highest BCUT2D eigenvalue weighted by Crippen LogP contribution is 2.62. The van der Waals surface area contributed by atoms with Crippen LogP contribution >= 0.6 is 0 Å². The molecule has 0 aromatic heterocycles. The predicted octanol–water partition coefficient (Wildman–Crippen LogP) is 5.37. The molecule has 0 saturated heterocycles. The van der Waals surface area contributed by atoms with Gasteiger partial charge in [0.1, 0.15) is 0 Å². The Balaban J connectivity index is 2.30. The van der Waals surface area contributed by atoms with Gasteiger partial charge in [-0.3, -0.25) is 4.79 Å². The van der Waals surface area contributed by atoms with Crippen molar-refractivity contribution in [3.8, 4) is 0 Å². The fourth-order valence-electron chi connectivity index (χ4n) is 5.17. The smallest absolute Gasteiger partial charge is 0.309 e. The second kappa shape index (κ2) is 6.06. The summed E-state index contributed by atoms with van der Waals surface area (Å²) >= 11 is 0. The van der Waals surface area contributed by atoms with E-state index < -0.39 is 11.4 Å². The van der Waals surface area contributed by atoms with Gasteiger partial charge in [0.05, 0.1) is 5.41 Å². The maximum Gasteiger partial charge on any atom is 0.309 e. The average Bonchev–Trinajstić information content (AvgIpc) is 2.45. The zero-order chi connectivity index (χ0) is 16.5. The monoisotopic (exact) mass is 302 g/mol. The molecule has 0 aromatic carbocycles. The molecule has 0 heterocycles. The molecule has 0 radical (unpaired) electrons. The van der Waals surface area contributed by atoms with Crippen LogP contribution in [0.3, 0.4) is 0 Å². The van der Waals surface area contributed by atoms with Crippen LogP contribution in [0.1, 0.15) is 58.8 Å². The Kier molecular flexibility index (Phi) is 4.70. The number of carboxylic acid groups (broad SMARTS) is 1. The Morgan fingerprint density at radius 2 is 2.09 bits per heavy atom. The number of carbonyl (C=O) groups is 1. The molecule has 0 spiro atoms. The number of hydrogen-bond acceptors (Lipinski definition) is 1. The summed E-state index contributed by atoms with van der Waals surface area (Å²) in [5.74, 6) is 0.0332. The fraction of sp³-hybridized carbons (Fsp3) is 0.650. The van der Waals surface area contributed by atoms with E-state index in [1.54, 1.807) is 0 Å². The van der Waals surface area contributed by atoms with Crippen molar-refractivity contribution in [3.63, 3.8) is 0 Å². The van der Waals surface area contributed by atoms with Gasteiger partial charge >= 0.3 is 5.97 Å². The largest absolute Gasteiger partial charge is 0.481 e. The summed E-state index contributed by atoms with van der Waals surface area (Å²) in [7, 11) is 0. The number of rotatable bonds is 5. The minimum atomic E-state index is -0.620. The van der Waals surface area contributed by atoms with Crippen molar-refractivity contribution in [2.24, 2.45) is 22.7 Å². The first-order chi connectivity index (χ1) is 10.3. The number of allylic oxidation sites excluding steroid dienone is 3. The second-order valence-electron chi connectivity index (χ2n) is 7.79. The summed E-state index contributed by atoms with van der Waals surface area (Å²) < 4.78 is 0. The molecule has 22 heavy (non-hydrogen) atoms. The van der Waals surface area contributed by atoms with Gasteiger partial charge in [-0.05, 0) is 62.7 Å². The van der Waals surface area contributed by atoms with Gasteiger partial charge < -0.3 is 5.11 Å². The summed E-state index contributed by atoms with van der Waals surface area (Å²) in [4.78, 5) is 11.9. The standard InChI is InChI=1S/C20H30O2/c1-6-14(2)8-10-16-15(3)9-11-17-19(16,4)12-7-13-20(17,5)18(21)22/h6,16-17H,1-3,7-13H2,4-5H3,(H,21,22). The Bertz CT molecular complexity index is 504. The highest BCUT2D eigenvalue weighted by molar-refractivity contribution is 5.75. The molecule has 0 bridgehead atoms. The van der Waals surface area contributed by atoms with Crippen molar-refractivity contribution in [1.29, 1.82) is 0 Å². The maximum atomic E-state index is 11.9. The van der Waals surface area contributed by atoms with Gasteiger partial charge in [-0.15, -0.1) is 0 Å². The van der Waals surface area contributed by atoms with Gasteiger partial charge in [0.25, 0.3) is 0 Å². The first-order valence-corrected chi connectivity index (χ1v) is 8.47. The van der Waals surface area contributed by atoms with Crippen LogP contribution in [-0.4, -0.2) is 11.1 Å². The predicted molar refractivity (Wildman–Crippen MR) is 91.6 cm³/mol. The summed E-state index contributed by atoms with van der Waals surface area (Å²) in [6, 6.07) is 0. The molecule has 2 aliphatic rings. The molecule has 0 aromatic rings. The quantitative estimate of drug-likeness (QED) is 0.547. The van der Waals surface area contributed by atoms with Crippen LogP contribution in [0.5, 0.6) is 0 Å². The Morgan fingerprint density at radius 1 is 1.41 bits per heavy atom. The topological polar surface area (TPSA) is 37.3 Å². The Morgan fingerprint density at radius 3 is 2.68 bits per heavy atom. The van der Waals surface area contributed by atoms with E-state index in [4.69, 9.17) is 0 Å². The first kappa shape index (κ1) is 17.1. The number of aliphatic carboxylic acids is 1.